The molecule has 2 heterocycles. The van der Waals surface area contributed by atoms with E-state index in [1.165, 1.54) is 51.7 Å². The molecule has 0 radical (unpaired) electrons. The molecule has 2 aliphatic heterocycles. The Morgan fingerprint density at radius 2 is 1.95 bits per heavy atom. The highest BCUT2D eigenvalue weighted by Gasteiger charge is 2.19. The molecule has 2 N–H and O–H groups in total. The number of amides is 1. The smallest absolute Gasteiger partial charge is 0.224 e. The van der Waals surface area contributed by atoms with Crippen LogP contribution in [0.3, 0.4) is 0 Å². The second-order valence-electron chi connectivity index (χ2n) is 6.30. The van der Waals surface area contributed by atoms with Crippen LogP contribution >= 0.6 is 0 Å². The maximum atomic E-state index is 11.9. The Morgan fingerprint density at radius 1 is 1.10 bits per heavy atom. The Bertz CT molecular complexity index is 271. The fourth-order valence-electron chi connectivity index (χ4n) is 3.25. The third-order valence-corrected chi connectivity index (χ3v) is 4.57. The molecule has 1 unspecified atom stereocenters. The zero-order valence-electron chi connectivity index (χ0n) is 12.8. The number of unbranched alkanes of at least 4 members (excludes halogenated alkanes) is 2. The minimum Gasteiger partial charge on any atom is -0.356 e. The molecule has 2 aliphatic rings. The zero-order chi connectivity index (χ0) is 14.0. The SMILES string of the molecule is O=C(NCCCCCN1CCCCC1)C1CCCNC1. The van der Waals surface area contributed by atoms with Crippen LogP contribution in [0.15, 0.2) is 0 Å². The van der Waals surface area contributed by atoms with E-state index in [1.807, 2.05) is 0 Å². The van der Waals surface area contributed by atoms with Crippen molar-refractivity contribution in [3.63, 3.8) is 0 Å². The average Bonchev–Trinajstić information content (AvgIpc) is 2.52. The first kappa shape index (κ1) is 15.8. The van der Waals surface area contributed by atoms with E-state index in [4.69, 9.17) is 0 Å². The molecule has 1 amide bonds. The first-order chi connectivity index (χ1) is 9.86. The lowest BCUT2D eigenvalue weighted by atomic mass is 9.99. The normalized spacial score (nSPS) is 24.5. The number of piperidine rings is 2. The fraction of sp³-hybridized carbons (Fsp3) is 0.938. The van der Waals surface area contributed by atoms with Crippen LogP contribution in [0.5, 0.6) is 0 Å². The summed E-state index contributed by atoms with van der Waals surface area (Å²) in [6.07, 6.45) is 10.00. The van der Waals surface area contributed by atoms with Gasteiger partial charge < -0.3 is 15.5 Å². The molecule has 0 spiro atoms. The number of nitrogens with one attached hydrogen (secondary N) is 2. The topological polar surface area (TPSA) is 44.4 Å². The van der Waals surface area contributed by atoms with Crippen molar-refractivity contribution in [3.05, 3.63) is 0 Å². The lowest BCUT2D eigenvalue weighted by Crippen LogP contribution is -2.40. The quantitative estimate of drug-likeness (QED) is 0.699. The molecule has 4 nitrogen and oxygen atoms in total. The van der Waals surface area contributed by atoms with Crippen LogP contribution in [0.2, 0.25) is 0 Å². The Morgan fingerprint density at radius 3 is 2.70 bits per heavy atom. The monoisotopic (exact) mass is 281 g/mol. The Labute approximate surface area is 123 Å². The van der Waals surface area contributed by atoms with Crippen molar-refractivity contribution in [3.8, 4) is 0 Å². The molecule has 20 heavy (non-hydrogen) atoms. The van der Waals surface area contributed by atoms with E-state index >= 15 is 0 Å². The van der Waals surface area contributed by atoms with E-state index in [-0.39, 0.29) is 11.8 Å². The Kier molecular flexibility index (Phi) is 7.37. The summed E-state index contributed by atoms with van der Waals surface area (Å²) in [5.41, 5.74) is 0. The van der Waals surface area contributed by atoms with Crippen molar-refractivity contribution in [2.24, 2.45) is 5.92 Å². The van der Waals surface area contributed by atoms with Crippen LogP contribution < -0.4 is 10.6 Å². The first-order valence-electron chi connectivity index (χ1n) is 8.57. The summed E-state index contributed by atoms with van der Waals surface area (Å²) in [5.74, 6) is 0.463. The largest absolute Gasteiger partial charge is 0.356 e. The summed E-state index contributed by atoms with van der Waals surface area (Å²) >= 11 is 0. The number of rotatable bonds is 7. The summed E-state index contributed by atoms with van der Waals surface area (Å²) in [6, 6.07) is 0. The summed E-state index contributed by atoms with van der Waals surface area (Å²) in [7, 11) is 0. The van der Waals surface area contributed by atoms with Crippen molar-refractivity contribution < 1.29 is 4.79 Å². The molecule has 0 aromatic heterocycles. The molecule has 0 saturated carbocycles. The second-order valence-corrected chi connectivity index (χ2v) is 6.30. The Hall–Kier alpha value is -0.610. The third kappa shape index (κ3) is 5.80. The highest BCUT2D eigenvalue weighted by atomic mass is 16.1. The lowest BCUT2D eigenvalue weighted by molar-refractivity contribution is -0.125. The lowest BCUT2D eigenvalue weighted by Gasteiger charge is -2.26. The summed E-state index contributed by atoms with van der Waals surface area (Å²) in [6.45, 7) is 6.63. The molecule has 2 fully saturated rings. The van der Waals surface area contributed by atoms with E-state index in [0.29, 0.717) is 0 Å². The molecule has 0 aliphatic carbocycles. The van der Waals surface area contributed by atoms with E-state index in [1.54, 1.807) is 0 Å². The number of carbonyl (C=O) groups excluding carboxylic acids is 1. The zero-order valence-corrected chi connectivity index (χ0v) is 12.8. The predicted octanol–water partition coefficient (Wildman–Crippen LogP) is 1.76. The molecule has 0 aromatic rings. The van der Waals surface area contributed by atoms with Gasteiger partial charge in [-0.15, -0.1) is 0 Å². The molecule has 2 saturated heterocycles. The van der Waals surface area contributed by atoms with Gasteiger partial charge in [-0.25, -0.2) is 0 Å². The third-order valence-electron chi connectivity index (χ3n) is 4.57. The first-order valence-corrected chi connectivity index (χ1v) is 8.57. The minimum atomic E-state index is 0.206. The van der Waals surface area contributed by atoms with Crippen LogP contribution in [-0.4, -0.2) is 50.1 Å². The number of hydrogen-bond donors (Lipinski definition) is 2. The number of likely N-dealkylation sites (tertiary alicyclic amines) is 1. The molecule has 4 heteroatoms. The Balaban J connectivity index is 1.43. The highest BCUT2D eigenvalue weighted by Crippen LogP contribution is 2.11. The summed E-state index contributed by atoms with van der Waals surface area (Å²) in [5, 5.41) is 6.39. The van der Waals surface area contributed by atoms with Gasteiger partial charge >= 0.3 is 0 Å². The van der Waals surface area contributed by atoms with Crippen LogP contribution in [0.4, 0.5) is 0 Å². The van der Waals surface area contributed by atoms with Crippen molar-refractivity contribution in [2.75, 3.05) is 39.3 Å². The van der Waals surface area contributed by atoms with Crippen LogP contribution in [0, 0.1) is 5.92 Å². The average molecular weight is 281 g/mol. The van der Waals surface area contributed by atoms with Gasteiger partial charge in [0.25, 0.3) is 0 Å². The molecule has 0 bridgehead atoms. The fourth-order valence-corrected chi connectivity index (χ4v) is 3.25. The molecule has 116 valence electrons. The number of carbonyl (C=O) groups is 1. The van der Waals surface area contributed by atoms with Gasteiger partial charge in [0.1, 0.15) is 0 Å². The summed E-state index contributed by atoms with van der Waals surface area (Å²) < 4.78 is 0. The standard InChI is InChI=1S/C16H31N3O/c20-16(15-8-7-9-17-14-15)18-10-3-1-4-11-19-12-5-2-6-13-19/h15,17H,1-14H2,(H,18,20). The van der Waals surface area contributed by atoms with Gasteiger partial charge in [-0.1, -0.05) is 12.8 Å². The van der Waals surface area contributed by atoms with Crippen LogP contribution in [-0.2, 0) is 4.79 Å². The van der Waals surface area contributed by atoms with Crippen molar-refractivity contribution in [1.82, 2.24) is 15.5 Å². The van der Waals surface area contributed by atoms with Crippen molar-refractivity contribution in [1.29, 1.82) is 0 Å². The molecule has 0 aromatic carbocycles. The van der Waals surface area contributed by atoms with Crippen molar-refractivity contribution >= 4 is 5.91 Å². The van der Waals surface area contributed by atoms with Gasteiger partial charge in [0, 0.05) is 13.1 Å². The van der Waals surface area contributed by atoms with Gasteiger partial charge in [-0.2, -0.15) is 0 Å². The number of hydrogen-bond acceptors (Lipinski definition) is 3. The highest BCUT2D eigenvalue weighted by molar-refractivity contribution is 5.78. The second kappa shape index (κ2) is 9.35. The van der Waals surface area contributed by atoms with Crippen LogP contribution in [0.25, 0.3) is 0 Å². The number of nitrogens with zero attached hydrogens (tertiary/aromatic N) is 1. The van der Waals surface area contributed by atoms with Gasteiger partial charge in [-0.05, 0) is 64.7 Å². The van der Waals surface area contributed by atoms with E-state index < -0.39 is 0 Å². The molecule has 2 rings (SSSR count). The minimum absolute atomic E-state index is 0.206. The van der Waals surface area contributed by atoms with Gasteiger partial charge in [0.2, 0.25) is 5.91 Å². The predicted molar refractivity (Wildman–Crippen MR) is 82.7 cm³/mol. The maximum absolute atomic E-state index is 11.9. The van der Waals surface area contributed by atoms with E-state index in [2.05, 4.69) is 15.5 Å². The van der Waals surface area contributed by atoms with Gasteiger partial charge in [-0.3, -0.25) is 4.79 Å². The molecule has 1 atom stereocenters. The van der Waals surface area contributed by atoms with Gasteiger partial charge in [0.15, 0.2) is 0 Å². The summed E-state index contributed by atoms with van der Waals surface area (Å²) in [4.78, 5) is 14.5. The molecular formula is C16H31N3O. The van der Waals surface area contributed by atoms with Gasteiger partial charge in [0.05, 0.1) is 5.92 Å². The maximum Gasteiger partial charge on any atom is 0.224 e. The molecular weight excluding hydrogens is 250 g/mol. The van der Waals surface area contributed by atoms with E-state index in [0.717, 1.165) is 38.9 Å². The van der Waals surface area contributed by atoms with Crippen molar-refractivity contribution in [2.45, 2.75) is 51.4 Å². The van der Waals surface area contributed by atoms with Crippen LogP contribution in [0.1, 0.15) is 51.4 Å². The van der Waals surface area contributed by atoms with E-state index in [9.17, 15) is 4.79 Å².